The lowest BCUT2D eigenvalue weighted by Gasteiger charge is -2.09. The van der Waals surface area contributed by atoms with Crippen LogP contribution in [0, 0.1) is 0 Å². The van der Waals surface area contributed by atoms with Crippen LogP contribution in [0.25, 0.3) is 0 Å². The molecule has 0 saturated heterocycles. The first-order chi connectivity index (χ1) is 5.16. The zero-order chi connectivity index (χ0) is 8.69. The Morgan fingerprint density at radius 2 is 2.27 bits per heavy atom. The summed E-state index contributed by atoms with van der Waals surface area (Å²) in [6.07, 6.45) is 3.25. The summed E-state index contributed by atoms with van der Waals surface area (Å²) in [6.45, 7) is 3.83. The Bertz CT molecular complexity index is 112. The van der Waals surface area contributed by atoms with Gasteiger partial charge in [-0.05, 0) is 13.3 Å². The second-order valence-electron chi connectivity index (χ2n) is 2.66. The third kappa shape index (κ3) is 7.33. The topological polar surface area (TPSA) is 46.5 Å². The second kappa shape index (κ2) is 6.16. The molecule has 0 radical (unpaired) electrons. The molecule has 1 atom stereocenters. The average Bonchev–Trinajstić information content (AvgIpc) is 1.97. The minimum Gasteiger partial charge on any atom is -0.480 e. The zero-order valence-corrected chi connectivity index (χ0v) is 7.17. The molecule has 0 amide bonds. The molecule has 0 bridgehead atoms. The first-order valence-corrected chi connectivity index (χ1v) is 4.00. The molecular weight excluding hydrogens is 144 g/mol. The molecule has 0 aromatic rings. The molecule has 1 unspecified atom stereocenters. The molecule has 3 heteroatoms. The molecule has 0 aliphatic heterocycles. The Morgan fingerprint density at radius 1 is 1.64 bits per heavy atom. The van der Waals surface area contributed by atoms with E-state index in [4.69, 9.17) is 9.84 Å². The van der Waals surface area contributed by atoms with Crippen molar-refractivity contribution in [1.29, 1.82) is 0 Å². The maximum absolute atomic E-state index is 10.1. The molecule has 0 aromatic heterocycles. The van der Waals surface area contributed by atoms with E-state index in [0.29, 0.717) is 0 Å². The Hall–Kier alpha value is -0.570. The molecule has 3 nitrogen and oxygen atoms in total. The lowest BCUT2D eigenvalue weighted by molar-refractivity contribution is -0.144. The molecule has 0 aliphatic rings. The van der Waals surface area contributed by atoms with Gasteiger partial charge >= 0.3 is 5.97 Å². The van der Waals surface area contributed by atoms with Gasteiger partial charge in [-0.25, -0.2) is 4.79 Å². The summed E-state index contributed by atoms with van der Waals surface area (Å²) >= 11 is 0. The molecular formula is C8H16O3. The molecule has 0 aromatic carbocycles. The average molecular weight is 160 g/mol. The molecule has 0 spiro atoms. The number of aliphatic carboxylic acids is 1. The van der Waals surface area contributed by atoms with Crippen LogP contribution in [0.15, 0.2) is 0 Å². The van der Waals surface area contributed by atoms with Crippen molar-refractivity contribution in [2.75, 3.05) is 6.61 Å². The summed E-state index contributed by atoms with van der Waals surface area (Å²) in [5, 5.41) is 8.26. The van der Waals surface area contributed by atoms with Gasteiger partial charge in [0, 0.05) is 0 Å². The summed E-state index contributed by atoms with van der Waals surface area (Å²) in [7, 11) is 0. The highest BCUT2D eigenvalue weighted by atomic mass is 16.5. The summed E-state index contributed by atoms with van der Waals surface area (Å²) in [5.74, 6) is -0.895. The van der Waals surface area contributed by atoms with E-state index in [2.05, 4.69) is 6.92 Å². The lowest BCUT2D eigenvalue weighted by Crippen LogP contribution is -2.14. The van der Waals surface area contributed by atoms with Crippen molar-refractivity contribution in [3.05, 3.63) is 0 Å². The Kier molecular flexibility index (Phi) is 5.84. The van der Waals surface area contributed by atoms with Crippen LogP contribution in [0.4, 0.5) is 0 Å². The SMILES string of the molecule is CCCCC(C)OCC(=O)O. The molecule has 0 fully saturated rings. The van der Waals surface area contributed by atoms with Gasteiger partial charge < -0.3 is 9.84 Å². The molecule has 11 heavy (non-hydrogen) atoms. The van der Waals surface area contributed by atoms with Crippen LogP contribution in [0.2, 0.25) is 0 Å². The Morgan fingerprint density at radius 3 is 2.73 bits per heavy atom. The van der Waals surface area contributed by atoms with E-state index < -0.39 is 5.97 Å². The van der Waals surface area contributed by atoms with Gasteiger partial charge in [0.1, 0.15) is 6.61 Å². The van der Waals surface area contributed by atoms with Gasteiger partial charge in [0.05, 0.1) is 6.10 Å². The van der Waals surface area contributed by atoms with Gasteiger partial charge in [-0.1, -0.05) is 19.8 Å². The van der Waals surface area contributed by atoms with Gasteiger partial charge in [-0.2, -0.15) is 0 Å². The third-order valence-corrected chi connectivity index (χ3v) is 1.46. The molecule has 0 saturated carbocycles. The largest absolute Gasteiger partial charge is 0.480 e. The van der Waals surface area contributed by atoms with E-state index in [9.17, 15) is 4.79 Å². The highest BCUT2D eigenvalue weighted by Crippen LogP contribution is 2.02. The second-order valence-corrected chi connectivity index (χ2v) is 2.66. The predicted octanol–water partition coefficient (Wildman–Crippen LogP) is 1.67. The van der Waals surface area contributed by atoms with E-state index >= 15 is 0 Å². The minimum atomic E-state index is -0.895. The van der Waals surface area contributed by atoms with Gasteiger partial charge in [-0.3, -0.25) is 0 Å². The van der Waals surface area contributed by atoms with Crippen molar-refractivity contribution in [2.24, 2.45) is 0 Å². The first kappa shape index (κ1) is 10.4. The van der Waals surface area contributed by atoms with Gasteiger partial charge in [0.15, 0.2) is 0 Å². The van der Waals surface area contributed by atoms with Crippen molar-refractivity contribution in [3.8, 4) is 0 Å². The van der Waals surface area contributed by atoms with Crippen LogP contribution in [0.1, 0.15) is 33.1 Å². The van der Waals surface area contributed by atoms with Crippen LogP contribution in [-0.2, 0) is 9.53 Å². The van der Waals surface area contributed by atoms with Crippen molar-refractivity contribution < 1.29 is 14.6 Å². The standard InChI is InChI=1S/C8H16O3/c1-3-4-5-7(2)11-6-8(9)10/h7H,3-6H2,1-2H3,(H,9,10). The molecule has 66 valence electrons. The van der Waals surface area contributed by atoms with Crippen molar-refractivity contribution >= 4 is 5.97 Å². The van der Waals surface area contributed by atoms with Crippen LogP contribution in [0.5, 0.6) is 0 Å². The lowest BCUT2D eigenvalue weighted by atomic mass is 10.2. The van der Waals surface area contributed by atoms with E-state index in [1.54, 1.807) is 0 Å². The smallest absolute Gasteiger partial charge is 0.329 e. The van der Waals surface area contributed by atoms with Gasteiger partial charge in [0.25, 0.3) is 0 Å². The van der Waals surface area contributed by atoms with Gasteiger partial charge in [-0.15, -0.1) is 0 Å². The van der Waals surface area contributed by atoms with Crippen LogP contribution < -0.4 is 0 Å². The Balaban J connectivity index is 3.22. The summed E-state index contributed by atoms with van der Waals surface area (Å²) in [6, 6.07) is 0. The fourth-order valence-corrected chi connectivity index (χ4v) is 0.788. The minimum absolute atomic E-state index is 0.0750. The predicted molar refractivity (Wildman–Crippen MR) is 42.6 cm³/mol. The highest BCUT2D eigenvalue weighted by molar-refractivity contribution is 5.68. The number of unbranched alkanes of at least 4 members (excludes halogenated alkanes) is 1. The zero-order valence-electron chi connectivity index (χ0n) is 7.17. The van der Waals surface area contributed by atoms with Crippen LogP contribution in [-0.4, -0.2) is 23.8 Å². The van der Waals surface area contributed by atoms with Crippen LogP contribution >= 0.6 is 0 Å². The van der Waals surface area contributed by atoms with Crippen molar-refractivity contribution in [3.63, 3.8) is 0 Å². The third-order valence-electron chi connectivity index (χ3n) is 1.46. The quantitative estimate of drug-likeness (QED) is 0.642. The van der Waals surface area contributed by atoms with E-state index in [-0.39, 0.29) is 12.7 Å². The molecule has 0 rings (SSSR count). The number of hydrogen-bond acceptors (Lipinski definition) is 2. The summed E-state index contributed by atoms with van der Waals surface area (Å²) in [4.78, 5) is 10.1. The normalized spacial score (nSPS) is 12.9. The Labute approximate surface area is 67.4 Å². The van der Waals surface area contributed by atoms with E-state index in [1.165, 1.54) is 0 Å². The van der Waals surface area contributed by atoms with Gasteiger partial charge in [0.2, 0.25) is 0 Å². The molecule has 1 N–H and O–H groups in total. The van der Waals surface area contributed by atoms with Crippen molar-refractivity contribution in [1.82, 2.24) is 0 Å². The van der Waals surface area contributed by atoms with E-state index in [1.807, 2.05) is 6.92 Å². The maximum Gasteiger partial charge on any atom is 0.329 e. The number of carboxylic acids is 1. The summed E-state index contributed by atoms with van der Waals surface area (Å²) < 4.78 is 5.01. The molecule has 0 heterocycles. The maximum atomic E-state index is 10.1. The van der Waals surface area contributed by atoms with Crippen LogP contribution in [0.3, 0.4) is 0 Å². The highest BCUT2D eigenvalue weighted by Gasteiger charge is 2.03. The van der Waals surface area contributed by atoms with Crippen molar-refractivity contribution in [2.45, 2.75) is 39.2 Å². The number of carboxylic acid groups (broad SMARTS) is 1. The fourth-order valence-electron chi connectivity index (χ4n) is 0.788. The number of hydrogen-bond donors (Lipinski definition) is 1. The van der Waals surface area contributed by atoms with E-state index in [0.717, 1.165) is 19.3 Å². The first-order valence-electron chi connectivity index (χ1n) is 4.00. The number of ether oxygens (including phenoxy) is 1. The summed E-state index contributed by atoms with van der Waals surface area (Å²) in [5.41, 5.74) is 0. The number of rotatable bonds is 6. The molecule has 0 aliphatic carbocycles. The number of carbonyl (C=O) groups is 1. The fraction of sp³-hybridized carbons (Fsp3) is 0.875. The monoisotopic (exact) mass is 160 g/mol.